The molecule has 4 rings (SSSR count). The smallest absolute Gasteiger partial charge is 0.313 e. The van der Waals surface area contributed by atoms with E-state index in [4.69, 9.17) is 19.9 Å². The first kappa shape index (κ1) is 15.3. The lowest BCUT2D eigenvalue weighted by Gasteiger charge is -2.02. The molecule has 25 heavy (non-hydrogen) atoms. The van der Waals surface area contributed by atoms with Gasteiger partial charge in [0, 0.05) is 22.1 Å². The lowest BCUT2D eigenvalue weighted by molar-refractivity contribution is 0.415. The topological polar surface area (TPSA) is 87.1 Å². The van der Waals surface area contributed by atoms with Crippen molar-refractivity contribution < 1.29 is 9.15 Å². The van der Waals surface area contributed by atoms with Crippen LogP contribution in [0.4, 0.5) is 6.01 Å². The molecular formula is C18H14N4O2S. The Labute approximate surface area is 147 Å². The summed E-state index contributed by atoms with van der Waals surface area (Å²) in [5, 5.41) is 10.6. The maximum Gasteiger partial charge on any atom is 0.313 e. The van der Waals surface area contributed by atoms with Gasteiger partial charge in [0.25, 0.3) is 0 Å². The van der Waals surface area contributed by atoms with Gasteiger partial charge in [-0.1, -0.05) is 29.4 Å². The van der Waals surface area contributed by atoms with Crippen LogP contribution in [0.25, 0.3) is 33.3 Å². The predicted molar refractivity (Wildman–Crippen MR) is 97.2 cm³/mol. The number of rotatable bonds is 4. The van der Waals surface area contributed by atoms with Gasteiger partial charge in [0.15, 0.2) is 0 Å². The Morgan fingerprint density at radius 3 is 2.60 bits per heavy atom. The third-order valence-electron chi connectivity index (χ3n) is 3.67. The molecule has 4 aromatic rings. The highest BCUT2D eigenvalue weighted by Gasteiger charge is 2.11. The normalized spacial score (nSPS) is 10.8. The summed E-state index contributed by atoms with van der Waals surface area (Å²) in [7, 11) is 1.65. The lowest BCUT2D eigenvalue weighted by atomic mass is 10.1. The maximum atomic E-state index is 5.50. The molecule has 2 heterocycles. The van der Waals surface area contributed by atoms with E-state index in [0.29, 0.717) is 5.89 Å². The quantitative estimate of drug-likeness (QED) is 0.596. The summed E-state index contributed by atoms with van der Waals surface area (Å²) >= 11 is 1.58. The van der Waals surface area contributed by atoms with Gasteiger partial charge < -0.3 is 14.9 Å². The van der Waals surface area contributed by atoms with E-state index < -0.39 is 0 Å². The summed E-state index contributed by atoms with van der Waals surface area (Å²) in [5.74, 6) is 1.20. The molecule has 2 N–H and O–H groups in total. The second-order valence-electron chi connectivity index (χ2n) is 5.30. The Bertz CT molecular complexity index is 1030. The minimum atomic E-state index is 0.0509. The van der Waals surface area contributed by atoms with Crippen LogP contribution in [0.2, 0.25) is 0 Å². The number of hydrogen-bond donors (Lipinski definition) is 1. The van der Waals surface area contributed by atoms with Crippen molar-refractivity contribution in [3.05, 3.63) is 53.9 Å². The summed E-state index contributed by atoms with van der Waals surface area (Å²) in [6.07, 6.45) is 0. The van der Waals surface area contributed by atoms with Crippen molar-refractivity contribution in [2.24, 2.45) is 0 Å². The Morgan fingerprint density at radius 1 is 1.00 bits per heavy atom. The summed E-state index contributed by atoms with van der Waals surface area (Å²) in [4.78, 5) is 4.74. The van der Waals surface area contributed by atoms with Gasteiger partial charge in [-0.25, -0.2) is 4.98 Å². The van der Waals surface area contributed by atoms with Crippen LogP contribution in [-0.2, 0) is 0 Å². The van der Waals surface area contributed by atoms with Gasteiger partial charge in [0.05, 0.1) is 12.8 Å². The van der Waals surface area contributed by atoms with Crippen molar-refractivity contribution in [3.8, 4) is 39.0 Å². The van der Waals surface area contributed by atoms with E-state index in [1.54, 1.807) is 18.4 Å². The molecule has 0 aliphatic rings. The van der Waals surface area contributed by atoms with E-state index in [9.17, 15) is 0 Å². The molecule has 0 amide bonds. The third-order valence-corrected chi connectivity index (χ3v) is 4.56. The Balaban J connectivity index is 1.68. The zero-order valence-corrected chi connectivity index (χ0v) is 14.2. The van der Waals surface area contributed by atoms with E-state index in [-0.39, 0.29) is 6.01 Å². The largest absolute Gasteiger partial charge is 0.497 e. The number of ether oxygens (including phenoxy) is 1. The summed E-state index contributed by atoms with van der Waals surface area (Å²) in [5.41, 5.74) is 9.21. The number of nitrogen functional groups attached to an aromatic ring is 1. The molecule has 0 aliphatic carbocycles. The molecule has 0 saturated heterocycles. The Hall–Kier alpha value is -3.19. The average molecular weight is 350 g/mol. The maximum absolute atomic E-state index is 5.50. The highest BCUT2D eigenvalue weighted by molar-refractivity contribution is 7.13. The molecule has 0 bridgehead atoms. The standard InChI is InChI=1S/C18H14N4O2S/c1-23-14-7-3-4-11(9-14)15-10-25-17(20-15)13-6-2-5-12(8-13)16-21-22-18(19)24-16/h2-10H,1H3,(H2,19,22). The molecule has 0 spiro atoms. The number of methoxy groups -OCH3 is 1. The summed E-state index contributed by atoms with van der Waals surface area (Å²) < 4.78 is 10.6. The molecular weight excluding hydrogens is 336 g/mol. The van der Waals surface area contributed by atoms with Gasteiger partial charge >= 0.3 is 6.01 Å². The number of hydrogen-bond acceptors (Lipinski definition) is 7. The third kappa shape index (κ3) is 3.09. The lowest BCUT2D eigenvalue weighted by Crippen LogP contribution is -1.84. The van der Waals surface area contributed by atoms with Crippen LogP contribution < -0.4 is 10.5 Å². The summed E-state index contributed by atoms with van der Waals surface area (Å²) in [6, 6.07) is 15.7. The number of anilines is 1. The van der Waals surface area contributed by atoms with Gasteiger partial charge in [0.2, 0.25) is 5.89 Å². The van der Waals surface area contributed by atoms with Gasteiger partial charge in [-0.2, -0.15) is 0 Å². The van der Waals surface area contributed by atoms with E-state index in [1.807, 2.05) is 53.9 Å². The van der Waals surface area contributed by atoms with Crippen molar-refractivity contribution in [3.63, 3.8) is 0 Å². The number of nitrogens with two attached hydrogens (primary N) is 1. The molecule has 6 nitrogen and oxygen atoms in total. The molecule has 2 aromatic heterocycles. The number of benzene rings is 2. The van der Waals surface area contributed by atoms with Crippen LogP contribution in [-0.4, -0.2) is 22.3 Å². The van der Waals surface area contributed by atoms with Crippen LogP contribution >= 0.6 is 11.3 Å². The molecule has 0 unspecified atom stereocenters. The molecule has 0 saturated carbocycles. The van der Waals surface area contributed by atoms with Crippen LogP contribution in [0.3, 0.4) is 0 Å². The van der Waals surface area contributed by atoms with Crippen LogP contribution in [0.1, 0.15) is 0 Å². The fraction of sp³-hybridized carbons (Fsp3) is 0.0556. The number of aromatic nitrogens is 3. The minimum Gasteiger partial charge on any atom is -0.497 e. The average Bonchev–Trinajstić information content (AvgIpc) is 3.31. The number of nitrogens with zero attached hydrogens (tertiary/aromatic N) is 3. The number of thiazole rings is 1. The van der Waals surface area contributed by atoms with Gasteiger partial charge in [-0.05, 0) is 24.3 Å². The van der Waals surface area contributed by atoms with Gasteiger partial charge in [-0.15, -0.1) is 16.4 Å². The fourth-order valence-electron chi connectivity index (χ4n) is 2.46. The molecule has 0 radical (unpaired) electrons. The first-order chi connectivity index (χ1) is 12.2. The van der Waals surface area contributed by atoms with Gasteiger partial charge in [0.1, 0.15) is 10.8 Å². The van der Waals surface area contributed by atoms with Crippen molar-refractivity contribution in [2.75, 3.05) is 12.8 Å². The second kappa shape index (κ2) is 6.37. The van der Waals surface area contributed by atoms with Crippen LogP contribution in [0, 0.1) is 0 Å². The van der Waals surface area contributed by atoms with Crippen LogP contribution in [0.15, 0.2) is 58.3 Å². The first-order valence-corrected chi connectivity index (χ1v) is 8.40. The van der Waals surface area contributed by atoms with E-state index in [2.05, 4.69) is 10.2 Å². The first-order valence-electron chi connectivity index (χ1n) is 7.52. The zero-order valence-electron chi connectivity index (χ0n) is 13.3. The highest BCUT2D eigenvalue weighted by atomic mass is 32.1. The van der Waals surface area contributed by atoms with Crippen molar-refractivity contribution in [1.29, 1.82) is 0 Å². The molecule has 0 atom stereocenters. The van der Waals surface area contributed by atoms with Gasteiger partial charge in [-0.3, -0.25) is 0 Å². The van der Waals surface area contributed by atoms with Crippen LogP contribution in [0.5, 0.6) is 5.75 Å². The molecule has 124 valence electrons. The molecule has 0 fully saturated rings. The Morgan fingerprint density at radius 2 is 1.80 bits per heavy atom. The van der Waals surface area contributed by atoms with Crippen molar-refractivity contribution in [1.82, 2.24) is 15.2 Å². The molecule has 2 aromatic carbocycles. The highest BCUT2D eigenvalue weighted by Crippen LogP contribution is 2.32. The zero-order chi connectivity index (χ0) is 17.2. The van der Waals surface area contributed by atoms with Crippen molar-refractivity contribution >= 4 is 17.4 Å². The van der Waals surface area contributed by atoms with E-state index >= 15 is 0 Å². The van der Waals surface area contributed by atoms with E-state index in [1.165, 1.54) is 0 Å². The molecule has 0 aliphatic heterocycles. The second-order valence-corrected chi connectivity index (χ2v) is 6.15. The summed E-state index contributed by atoms with van der Waals surface area (Å²) in [6.45, 7) is 0. The van der Waals surface area contributed by atoms with E-state index in [0.717, 1.165) is 33.1 Å². The molecule has 7 heteroatoms. The predicted octanol–water partition coefficient (Wildman–Crippen LogP) is 4.12. The minimum absolute atomic E-state index is 0.0509. The van der Waals surface area contributed by atoms with Crippen molar-refractivity contribution in [2.45, 2.75) is 0 Å². The Kier molecular flexibility index (Phi) is 3.91. The monoisotopic (exact) mass is 350 g/mol. The SMILES string of the molecule is COc1cccc(-c2csc(-c3cccc(-c4nnc(N)o4)c3)n2)c1. The fourth-order valence-corrected chi connectivity index (χ4v) is 3.28.